The largest absolute Gasteiger partial charge is 0.469 e. The van der Waals surface area contributed by atoms with E-state index in [2.05, 4.69) is 22.2 Å². The number of guanidine groups is 1. The Morgan fingerprint density at radius 3 is 2.89 bits per heavy atom. The Labute approximate surface area is 161 Å². The summed E-state index contributed by atoms with van der Waals surface area (Å²) in [6, 6.07) is 3.97. The SMILES string of the molecule is C=C(C)CN=C(NCCc1ccco1)NC1CCN(C(=O)OC(C)(C)C)C1. The molecule has 7 heteroatoms. The second-order valence-corrected chi connectivity index (χ2v) is 7.93. The molecule has 1 aromatic rings. The number of carbonyl (C=O) groups is 1. The lowest BCUT2D eigenvalue weighted by atomic mass is 10.2. The van der Waals surface area contributed by atoms with E-state index < -0.39 is 5.60 Å². The number of hydrogen-bond acceptors (Lipinski definition) is 4. The van der Waals surface area contributed by atoms with E-state index in [1.807, 2.05) is 39.8 Å². The molecule has 2 rings (SSSR count). The molecule has 2 N–H and O–H groups in total. The molecule has 27 heavy (non-hydrogen) atoms. The molecule has 1 saturated heterocycles. The van der Waals surface area contributed by atoms with Crippen LogP contribution in [0.4, 0.5) is 4.79 Å². The van der Waals surface area contributed by atoms with Crippen molar-refractivity contribution in [3.63, 3.8) is 0 Å². The van der Waals surface area contributed by atoms with Gasteiger partial charge in [0.1, 0.15) is 11.4 Å². The third-order valence-electron chi connectivity index (χ3n) is 3.93. The average molecular weight is 377 g/mol. The van der Waals surface area contributed by atoms with E-state index in [9.17, 15) is 4.79 Å². The van der Waals surface area contributed by atoms with Gasteiger partial charge < -0.3 is 24.7 Å². The normalized spacial score (nSPS) is 17.7. The minimum atomic E-state index is -0.482. The number of amides is 1. The van der Waals surface area contributed by atoms with E-state index in [1.54, 1.807) is 11.2 Å². The number of furan rings is 1. The average Bonchev–Trinajstić information content (AvgIpc) is 3.22. The van der Waals surface area contributed by atoms with Crippen LogP contribution in [-0.4, -0.2) is 54.8 Å². The second-order valence-electron chi connectivity index (χ2n) is 7.93. The van der Waals surface area contributed by atoms with Crippen LogP contribution >= 0.6 is 0 Å². The van der Waals surface area contributed by atoms with Crippen molar-refractivity contribution >= 4 is 12.1 Å². The maximum atomic E-state index is 12.2. The molecule has 0 aliphatic carbocycles. The molecule has 7 nitrogen and oxygen atoms in total. The fraction of sp³-hybridized carbons (Fsp3) is 0.600. The van der Waals surface area contributed by atoms with E-state index in [0.29, 0.717) is 26.2 Å². The molecule has 0 bridgehead atoms. The van der Waals surface area contributed by atoms with Crippen LogP contribution in [-0.2, 0) is 11.2 Å². The second kappa shape index (κ2) is 9.48. The minimum absolute atomic E-state index is 0.137. The van der Waals surface area contributed by atoms with Crippen LogP contribution in [0.25, 0.3) is 0 Å². The van der Waals surface area contributed by atoms with Gasteiger partial charge >= 0.3 is 6.09 Å². The summed E-state index contributed by atoms with van der Waals surface area (Å²) in [5, 5.41) is 6.74. The molecule has 150 valence electrons. The van der Waals surface area contributed by atoms with E-state index in [-0.39, 0.29) is 12.1 Å². The van der Waals surface area contributed by atoms with Gasteiger partial charge in [-0.05, 0) is 46.2 Å². The summed E-state index contributed by atoms with van der Waals surface area (Å²) in [4.78, 5) is 18.5. The van der Waals surface area contributed by atoms with E-state index >= 15 is 0 Å². The zero-order valence-electron chi connectivity index (χ0n) is 16.9. The Balaban J connectivity index is 1.86. The first-order valence-electron chi connectivity index (χ1n) is 9.42. The number of nitrogens with zero attached hydrogens (tertiary/aromatic N) is 2. The van der Waals surface area contributed by atoms with Crippen molar-refractivity contribution in [2.24, 2.45) is 4.99 Å². The highest BCUT2D eigenvalue weighted by Crippen LogP contribution is 2.15. The summed E-state index contributed by atoms with van der Waals surface area (Å²) in [5.74, 6) is 1.65. The summed E-state index contributed by atoms with van der Waals surface area (Å²) in [6.45, 7) is 14.0. The van der Waals surface area contributed by atoms with Gasteiger partial charge in [-0.2, -0.15) is 0 Å². The zero-order valence-corrected chi connectivity index (χ0v) is 16.9. The molecule has 0 spiro atoms. The number of nitrogens with one attached hydrogen (secondary N) is 2. The predicted molar refractivity (Wildman–Crippen MR) is 107 cm³/mol. The molecule has 2 heterocycles. The van der Waals surface area contributed by atoms with E-state index in [4.69, 9.17) is 9.15 Å². The highest BCUT2D eigenvalue weighted by atomic mass is 16.6. The standard InChI is InChI=1S/C20H32N4O3/c1-15(2)13-22-18(21-10-8-17-7-6-12-26-17)23-16-9-11-24(14-16)19(25)27-20(3,4)5/h6-7,12,16H,1,8-11,13-14H2,2-5H3,(H2,21,22,23). The van der Waals surface area contributed by atoms with Gasteiger partial charge in [0.25, 0.3) is 0 Å². The van der Waals surface area contributed by atoms with Crippen molar-refractivity contribution in [3.05, 3.63) is 36.3 Å². The number of hydrogen-bond donors (Lipinski definition) is 2. The topological polar surface area (TPSA) is 79.1 Å². The Morgan fingerprint density at radius 2 is 2.26 bits per heavy atom. The molecule has 1 aromatic heterocycles. The summed E-state index contributed by atoms with van der Waals surface area (Å²) >= 11 is 0. The molecular formula is C20H32N4O3. The van der Waals surface area contributed by atoms with Crippen molar-refractivity contribution < 1.29 is 13.9 Å². The van der Waals surface area contributed by atoms with Crippen molar-refractivity contribution in [3.8, 4) is 0 Å². The van der Waals surface area contributed by atoms with Gasteiger partial charge in [0, 0.05) is 32.1 Å². The molecule has 1 aliphatic rings. The Hall–Kier alpha value is -2.44. The summed E-state index contributed by atoms with van der Waals surface area (Å²) in [5.41, 5.74) is 0.508. The number of carbonyl (C=O) groups excluding carboxylic acids is 1. The molecular weight excluding hydrogens is 344 g/mol. The Kier molecular flexibility index (Phi) is 7.33. The minimum Gasteiger partial charge on any atom is -0.469 e. The summed E-state index contributed by atoms with van der Waals surface area (Å²) < 4.78 is 10.8. The van der Waals surface area contributed by atoms with Gasteiger partial charge in [-0.3, -0.25) is 0 Å². The number of rotatable bonds is 6. The van der Waals surface area contributed by atoms with Crippen LogP contribution in [0.2, 0.25) is 0 Å². The summed E-state index contributed by atoms with van der Waals surface area (Å²) in [6.07, 6.45) is 3.03. The third-order valence-corrected chi connectivity index (χ3v) is 3.93. The molecule has 0 aromatic carbocycles. The van der Waals surface area contributed by atoms with Crippen LogP contribution in [0.1, 0.15) is 39.9 Å². The lowest BCUT2D eigenvalue weighted by Crippen LogP contribution is -2.46. The predicted octanol–water partition coefficient (Wildman–Crippen LogP) is 2.94. The highest BCUT2D eigenvalue weighted by Gasteiger charge is 2.30. The first-order chi connectivity index (χ1) is 12.7. The molecule has 1 aliphatic heterocycles. The molecule has 1 fully saturated rings. The quantitative estimate of drug-likeness (QED) is 0.453. The van der Waals surface area contributed by atoms with Crippen LogP contribution < -0.4 is 10.6 Å². The number of likely N-dealkylation sites (tertiary alicyclic amines) is 1. The summed E-state index contributed by atoms with van der Waals surface area (Å²) in [7, 11) is 0. The van der Waals surface area contributed by atoms with Gasteiger partial charge in [-0.15, -0.1) is 0 Å². The fourth-order valence-electron chi connectivity index (χ4n) is 2.69. The fourth-order valence-corrected chi connectivity index (χ4v) is 2.69. The van der Waals surface area contributed by atoms with Crippen LogP contribution in [0.5, 0.6) is 0 Å². The first kappa shape index (κ1) is 20.9. The number of aliphatic imine (C=N–C) groups is 1. The van der Waals surface area contributed by atoms with Gasteiger partial charge in [-0.1, -0.05) is 12.2 Å². The van der Waals surface area contributed by atoms with E-state index in [0.717, 1.165) is 30.1 Å². The van der Waals surface area contributed by atoms with Crippen molar-refractivity contribution in [2.45, 2.75) is 52.2 Å². The maximum Gasteiger partial charge on any atom is 0.410 e. The van der Waals surface area contributed by atoms with Crippen molar-refractivity contribution in [1.82, 2.24) is 15.5 Å². The first-order valence-corrected chi connectivity index (χ1v) is 9.42. The Morgan fingerprint density at radius 1 is 1.48 bits per heavy atom. The molecule has 1 unspecified atom stereocenters. The van der Waals surface area contributed by atoms with Gasteiger partial charge in [-0.25, -0.2) is 9.79 Å². The van der Waals surface area contributed by atoms with Crippen molar-refractivity contribution in [1.29, 1.82) is 0 Å². The third kappa shape index (κ3) is 7.76. The van der Waals surface area contributed by atoms with Gasteiger partial charge in [0.15, 0.2) is 5.96 Å². The zero-order chi connectivity index (χ0) is 19.9. The molecule has 1 atom stereocenters. The molecule has 0 saturated carbocycles. The lowest BCUT2D eigenvalue weighted by molar-refractivity contribution is 0.0292. The van der Waals surface area contributed by atoms with Gasteiger partial charge in [0.05, 0.1) is 12.8 Å². The number of ether oxygens (including phenoxy) is 1. The molecule has 0 radical (unpaired) electrons. The highest BCUT2D eigenvalue weighted by molar-refractivity contribution is 5.80. The smallest absolute Gasteiger partial charge is 0.410 e. The van der Waals surface area contributed by atoms with E-state index in [1.165, 1.54) is 0 Å². The molecule has 1 amide bonds. The van der Waals surface area contributed by atoms with Crippen molar-refractivity contribution in [2.75, 3.05) is 26.2 Å². The maximum absolute atomic E-state index is 12.2. The lowest BCUT2D eigenvalue weighted by Gasteiger charge is -2.24. The van der Waals surface area contributed by atoms with Crippen LogP contribution in [0, 0.1) is 0 Å². The Bertz CT molecular complexity index is 647. The monoisotopic (exact) mass is 376 g/mol. The van der Waals surface area contributed by atoms with Gasteiger partial charge in [0.2, 0.25) is 0 Å². The van der Waals surface area contributed by atoms with Crippen LogP contribution in [0.15, 0.2) is 40.0 Å². The van der Waals surface area contributed by atoms with Crippen LogP contribution in [0.3, 0.4) is 0 Å².